The van der Waals surface area contributed by atoms with E-state index < -0.39 is 37.6 Å². The van der Waals surface area contributed by atoms with E-state index >= 15 is 0 Å². The monoisotopic (exact) mass is 993 g/mol. The molecule has 0 spiro atoms. The van der Waals surface area contributed by atoms with Crippen LogP contribution < -0.4 is 10.4 Å². The van der Waals surface area contributed by atoms with Crippen LogP contribution in [0.3, 0.4) is 0 Å². The van der Waals surface area contributed by atoms with E-state index in [-0.39, 0.29) is 18.1 Å². The summed E-state index contributed by atoms with van der Waals surface area (Å²) in [4.78, 5) is 0. The average Bonchev–Trinajstić information content (AvgIpc) is 3.60. The van der Waals surface area contributed by atoms with Gasteiger partial charge < -0.3 is 0 Å². The van der Waals surface area contributed by atoms with E-state index in [2.05, 4.69) is 163 Å². The molecule has 0 heterocycles. The van der Waals surface area contributed by atoms with Crippen molar-refractivity contribution in [2.24, 2.45) is 10.8 Å². The molecule has 0 aromatic heterocycles. The number of hydrogen-bond donors (Lipinski definition) is 0. The molecule has 0 bridgehead atoms. The summed E-state index contributed by atoms with van der Waals surface area (Å²) in [5.74, 6) is -1.76. The van der Waals surface area contributed by atoms with Crippen molar-refractivity contribution in [1.29, 1.82) is 0 Å². The van der Waals surface area contributed by atoms with Crippen LogP contribution >= 0.6 is 17.0 Å². The molecule has 4 aromatic rings. The van der Waals surface area contributed by atoms with Gasteiger partial charge in [-0.15, -0.1) is 0 Å². The van der Waals surface area contributed by atoms with Crippen molar-refractivity contribution in [2.45, 2.75) is 163 Å². The fourth-order valence-electron chi connectivity index (χ4n) is 12.7. The summed E-state index contributed by atoms with van der Waals surface area (Å²) in [6.07, 6.45) is 23.5. The number of hydrogen-bond acceptors (Lipinski definition) is 0. The van der Waals surface area contributed by atoms with E-state index in [1.807, 2.05) is 0 Å². The summed E-state index contributed by atoms with van der Waals surface area (Å²) in [5, 5.41) is 3.03. The van der Waals surface area contributed by atoms with Gasteiger partial charge in [-0.1, -0.05) is 0 Å². The van der Waals surface area contributed by atoms with E-state index in [1.165, 1.54) is 132 Å². The van der Waals surface area contributed by atoms with Gasteiger partial charge in [0, 0.05) is 0 Å². The van der Waals surface area contributed by atoms with Crippen LogP contribution in [0, 0.1) is 10.8 Å². The third-order valence-corrected chi connectivity index (χ3v) is 72.5. The van der Waals surface area contributed by atoms with Crippen molar-refractivity contribution >= 4 is 61.6 Å². The van der Waals surface area contributed by atoms with Gasteiger partial charge in [-0.3, -0.25) is 0 Å². The predicted octanol–water partition coefficient (Wildman–Crippen LogP) is 17.2. The van der Waals surface area contributed by atoms with Crippen LogP contribution in [-0.2, 0) is 15.6 Å². The van der Waals surface area contributed by atoms with E-state index in [0.717, 1.165) is 12.8 Å². The molecule has 4 aliphatic carbocycles. The first-order valence-corrected chi connectivity index (χ1v) is 48.0. The second-order valence-electron chi connectivity index (χ2n) is 23.8. The standard InChI is InChI=1S/2C27H35Si.C2H7Si.2ClH.Zr/c2*1-27(16-7-5-6-8-17-27)20-21-18-23-10-9-11-25(26(23)19-21)22-12-14-24(15-13-22)28(2,3)4;1-3-2;;;/h2*9-15,18-19H,5-8,16-17,20H2,1-4H3;3H,1-2H3;2*1H;/q;;;;;+2/p-2. The zero-order valence-corrected chi connectivity index (χ0v) is 47.2. The minimum absolute atomic E-state index is 0.101. The number of allylic oxidation sites excluding steroid dienone is 2. The van der Waals surface area contributed by atoms with E-state index in [0.29, 0.717) is 0 Å². The van der Waals surface area contributed by atoms with E-state index in [1.54, 1.807) is 11.1 Å². The molecule has 2 saturated carbocycles. The van der Waals surface area contributed by atoms with Gasteiger partial charge in [0.05, 0.1) is 0 Å². The summed E-state index contributed by atoms with van der Waals surface area (Å²) in [5.41, 5.74) is 14.7. The average molecular weight is 997 g/mol. The van der Waals surface area contributed by atoms with Crippen molar-refractivity contribution in [3.8, 4) is 22.3 Å². The van der Waals surface area contributed by atoms with Gasteiger partial charge in [-0.2, -0.15) is 0 Å². The van der Waals surface area contributed by atoms with Gasteiger partial charge in [0.2, 0.25) is 0 Å². The van der Waals surface area contributed by atoms with Crippen molar-refractivity contribution in [2.75, 3.05) is 0 Å². The Labute approximate surface area is 388 Å². The maximum atomic E-state index is 9.28. The van der Waals surface area contributed by atoms with Crippen LogP contribution in [0.5, 0.6) is 0 Å². The molecule has 4 aromatic carbocycles. The molecule has 0 radical (unpaired) electrons. The minimum atomic E-state index is -5.12. The van der Waals surface area contributed by atoms with E-state index in [9.17, 15) is 17.0 Å². The molecule has 0 nitrogen and oxygen atoms in total. The van der Waals surface area contributed by atoms with Crippen molar-refractivity contribution in [3.63, 3.8) is 0 Å². The third kappa shape index (κ3) is 9.00. The molecule has 331 valence electrons. The quantitative estimate of drug-likeness (QED) is 0.104. The molecule has 0 N–H and O–H groups in total. The first kappa shape index (κ1) is 47.0. The summed E-state index contributed by atoms with van der Waals surface area (Å²) < 4.78 is 0.201. The molecular weight excluding hydrogens is 919 g/mol. The van der Waals surface area contributed by atoms with Gasteiger partial charge in [0.15, 0.2) is 0 Å². The third-order valence-electron chi connectivity index (χ3n) is 16.5. The molecule has 6 heteroatoms. The second-order valence-corrected chi connectivity index (χ2v) is 76.4. The van der Waals surface area contributed by atoms with Gasteiger partial charge in [-0.25, -0.2) is 0 Å². The topological polar surface area (TPSA) is 0 Å². The normalized spacial score (nSPS) is 22.2. The molecule has 0 amide bonds. The van der Waals surface area contributed by atoms with Crippen molar-refractivity contribution < 1.29 is 15.6 Å². The summed E-state index contributed by atoms with van der Waals surface area (Å²) in [6.45, 7) is 25.0. The first-order chi connectivity index (χ1) is 29.2. The fourth-order valence-corrected chi connectivity index (χ4v) is 46.3. The zero-order chi connectivity index (χ0) is 44.3. The Bertz CT molecular complexity index is 2170. The molecule has 8 rings (SSSR count). The Morgan fingerprint density at radius 3 is 1.16 bits per heavy atom. The number of benzene rings is 4. The van der Waals surface area contributed by atoms with Crippen LogP contribution in [0.4, 0.5) is 0 Å². The Balaban J connectivity index is 1.34. The van der Waals surface area contributed by atoms with Crippen molar-refractivity contribution in [3.05, 3.63) is 118 Å². The second kappa shape index (κ2) is 17.6. The first-order valence-electron chi connectivity index (χ1n) is 24.7. The van der Waals surface area contributed by atoms with Crippen LogP contribution in [0.2, 0.25) is 52.4 Å². The van der Waals surface area contributed by atoms with Crippen molar-refractivity contribution in [1.82, 2.24) is 0 Å². The molecule has 2 unspecified atom stereocenters. The Kier molecular flexibility index (Phi) is 13.3. The maximum absolute atomic E-state index is 9.28. The predicted molar refractivity (Wildman–Crippen MR) is 283 cm³/mol. The van der Waals surface area contributed by atoms with Gasteiger partial charge in [0.25, 0.3) is 0 Å². The molecule has 2 fully saturated rings. The van der Waals surface area contributed by atoms with Gasteiger partial charge >= 0.3 is 392 Å². The Morgan fingerprint density at radius 2 is 0.855 bits per heavy atom. The Morgan fingerprint density at radius 1 is 0.516 bits per heavy atom. The summed E-state index contributed by atoms with van der Waals surface area (Å²) in [7, 11) is 15.7. The fraction of sp³-hybridized carbons (Fsp3) is 0.500. The molecule has 62 heavy (non-hydrogen) atoms. The molecule has 2 atom stereocenters. The van der Waals surface area contributed by atoms with Crippen LogP contribution in [0.1, 0.15) is 133 Å². The molecule has 0 saturated heterocycles. The number of fused-ring (bicyclic) bond motifs is 2. The summed E-state index contributed by atoms with van der Waals surface area (Å²) >= 11 is -5.12. The number of halogens is 2. The van der Waals surface area contributed by atoms with Gasteiger partial charge in [-0.05, 0) is 0 Å². The van der Waals surface area contributed by atoms with Crippen LogP contribution in [0.25, 0.3) is 34.4 Å². The summed E-state index contributed by atoms with van der Waals surface area (Å²) in [6, 6.07) is 33.7. The SMILES string of the molecule is C[SiH](C)[Zr]([Cl])([Cl])([CH]1C(CC2(C)CCCCCC2)=Cc2c(-c3ccc([Si](C)(C)C)cc3)cccc21)[CH]1C(CC2(C)CCCCCC2)=Cc2c(-c3ccc([Si](C)(C)C)cc3)cccc21. The van der Waals surface area contributed by atoms with Gasteiger partial charge in [0.1, 0.15) is 0 Å². The van der Waals surface area contributed by atoms with Crippen LogP contribution in [-0.4, -0.2) is 22.1 Å². The van der Waals surface area contributed by atoms with E-state index in [4.69, 9.17) is 0 Å². The molecule has 4 aliphatic rings. The molecular formula is C56H77Cl2Si3Zr. The number of rotatable bonds is 11. The van der Waals surface area contributed by atoms with Crippen LogP contribution in [0.15, 0.2) is 96.1 Å². The molecule has 0 aliphatic heterocycles. The zero-order valence-electron chi connectivity index (χ0n) is 40.1. The Hall–Kier alpha value is -1.53.